The number of benzene rings is 2. The second kappa shape index (κ2) is 7.01. The van der Waals surface area contributed by atoms with E-state index in [0.717, 1.165) is 11.4 Å². The molecule has 0 bridgehead atoms. The van der Waals surface area contributed by atoms with Gasteiger partial charge in [0.2, 0.25) is 10.0 Å². The van der Waals surface area contributed by atoms with E-state index < -0.39 is 15.8 Å². The average Bonchev–Trinajstić information content (AvgIpc) is 2.61. The molecule has 0 spiro atoms. The first kappa shape index (κ1) is 17.7. The Balaban J connectivity index is 1.72. The van der Waals surface area contributed by atoms with Gasteiger partial charge in [-0.15, -0.1) is 0 Å². The topological polar surface area (TPSA) is 49.9 Å². The summed E-state index contributed by atoms with van der Waals surface area (Å²) in [6.45, 7) is 3.61. The van der Waals surface area contributed by atoms with E-state index in [1.54, 1.807) is 14.0 Å². The Labute approximate surface area is 147 Å². The molecule has 0 unspecified atom stereocenters. The molecule has 0 aliphatic carbocycles. The molecule has 1 aliphatic rings. The number of piperazine rings is 1. The van der Waals surface area contributed by atoms with Gasteiger partial charge in [0, 0.05) is 31.9 Å². The lowest BCUT2D eigenvalue weighted by molar-refractivity contribution is 0.384. The van der Waals surface area contributed by atoms with Gasteiger partial charge in [-0.3, -0.25) is 0 Å². The van der Waals surface area contributed by atoms with Crippen molar-refractivity contribution in [1.29, 1.82) is 0 Å². The van der Waals surface area contributed by atoms with E-state index in [1.807, 2.05) is 24.3 Å². The van der Waals surface area contributed by atoms with E-state index in [9.17, 15) is 12.8 Å². The molecule has 0 saturated carbocycles. The molecular formula is C18H21FN2O3S. The van der Waals surface area contributed by atoms with E-state index in [1.165, 1.54) is 22.5 Å². The van der Waals surface area contributed by atoms with Gasteiger partial charge in [0.05, 0.1) is 12.0 Å². The van der Waals surface area contributed by atoms with Gasteiger partial charge in [0.1, 0.15) is 11.6 Å². The van der Waals surface area contributed by atoms with Crippen LogP contribution in [0, 0.1) is 12.7 Å². The number of hydrogen-bond acceptors (Lipinski definition) is 4. The number of nitrogens with zero attached hydrogens (tertiary/aromatic N) is 2. The van der Waals surface area contributed by atoms with Gasteiger partial charge < -0.3 is 9.64 Å². The molecule has 7 heteroatoms. The molecule has 2 aromatic rings. The first-order valence-electron chi connectivity index (χ1n) is 8.07. The van der Waals surface area contributed by atoms with E-state index in [4.69, 9.17) is 4.74 Å². The quantitative estimate of drug-likeness (QED) is 0.837. The first-order valence-corrected chi connectivity index (χ1v) is 9.51. The molecule has 1 aliphatic heterocycles. The molecule has 3 rings (SSSR count). The molecule has 5 nitrogen and oxygen atoms in total. The summed E-state index contributed by atoms with van der Waals surface area (Å²) < 4.78 is 45.5. The monoisotopic (exact) mass is 364 g/mol. The summed E-state index contributed by atoms with van der Waals surface area (Å²) in [5, 5.41) is 0. The van der Waals surface area contributed by atoms with Gasteiger partial charge in [-0.05, 0) is 55.0 Å². The molecule has 1 saturated heterocycles. The molecule has 134 valence electrons. The van der Waals surface area contributed by atoms with E-state index in [-0.39, 0.29) is 4.90 Å². The second-order valence-corrected chi connectivity index (χ2v) is 7.91. The lowest BCUT2D eigenvalue weighted by Crippen LogP contribution is -2.48. The fourth-order valence-electron chi connectivity index (χ4n) is 3.02. The summed E-state index contributed by atoms with van der Waals surface area (Å²) in [5.41, 5.74) is 1.47. The zero-order chi connectivity index (χ0) is 18.0. The summed E-state index contributed by atoms with van der Waals surface area (Å²) >= 11 is 0. The largest absolute Gasteiger partial charge is 0.497 e. The fraction of sp³-hybridized carbons (Fsp3) is 0.333. The van der Waals surface area contributed by atoms with Crippen LogP contribution >= 0.6 is 0 Å². The molecule has 25 heavy (non-hydrogen) atoms. The third-order valence-electron chi connectivity index (χ3n) is 4.43. The highest BCUT2D eigenvalue weighted by Gasteiger charge is 2.29. The maximum Gasteiger partial charge on any atom is 0.243 e. The van der Waals surface area contributed by atoms with Gasteiger partial charge in [0.25, 0.3) is 0 Å². The van der Waals surface area contributed by atoms with Crippen molar-refractivity contribution in [3.63, 3.8) is 0 Å². The summed E-state index contributed by atoms with van der Waals surface area (Å²) in [4.78, 5) is 2.31. The maximum atomic E-state index is 13.2. The number of hydrogen-bond donors (Lipinski definition) is 0. The van der Waals surface area contributed by atoms with Crippen LogP contribution in [0.25, 0.3) is 0 Å². The number of sulfonamides is 1. The molecule has 2 aromatic carbocycles. The van der Waals surface area contributed by atoms with Crippen LogP contribution in [0.5, 0.6) is 5.75 Å². The summed E-state index contributed by atoms with van der Waals surface area (Å²) in [6.07, 6.45) is 0. The maximum absolute atomic E-state index is 13.2. The van der Waals surface area contributed by atoms with Crippen LogP contribution < -0.4 is 9.64 Å². The highest BCUT2D eigenvalue weighted by atomic mass is 32.2. The van der Waals surface area contributed by atoms with Crippen molar-refractivity contribution in [2.75, 3.05) is 38.2 Å². The summed E-state index contributed by atoms with van der Waals surface area (Å²) in [7, 11) is -1.98. The molecule has 0 amide bonds. The SMILES string of the molecule is COc1ccc(N2CCN(S(=O)(=O)c3ccc(F)cc3C)CC2)cc1. The molecule has 0 aromatic heterocycles. The van der Waals surface area contributed by atoms with Gasteiger partial charge in [-0.1, -0.05) is 0 Å². The zero-order valence-corrected chi connectivity index (χ0v) is 15.1. The Bertz CT molecular complexity index is 845. The molecule has 0 atom stereocenters. The van der Waals surface area contributed by atoms with Gasteiger partial charge in [-0.2, -0.15) is 4.31 Å². The predicted molar refractivity (Wildman–Crippen MR) is 95.1 cm³/mol. The van der Waals surface area contributed by atoms with Crippen molar-refractivity contribution in [3.05, 3.63) is 53.8 Å². The van der Waals surface area contributed by atoms with Crippen molar-refractivity contribution < 1.29 is 17.5 Å². The Kier molecular flexibility index (Phi) is 4.96. The molecule has 1 heterocycles. The van der Waals surface area contributed by atoms with Crippen LogP contribution in [0.15, 0.2) is 47.4 Å². The van der Waals surface area contributed by atoms with Crippen LogP contribution in [0.1, 0.15) is 5.56 Å². The normalized spacial score (nSPS) is 16.0. The molecule has 1 fully saturated rings. The Hall–Kier alpha value is -2.12. The van der Waals surface area contributed by atoms with Crippen molar-refractivity contribution >= 4 is 15.7 Å². The zero-order valence-electron chi connectivity index (χ0n) is 14.3. The van der Waals surface area contributed by atoms with Gasteiger partial charge in [0.15, 0.2) is 0 Å². The van der Waals surface area contributed by atoms with Crippen LogP contribution in [0.3, 0.4) is 0 Å². The first-order chi connectivity index (χ1) is 11.9. The van der Waals surface area contributed by atoms with Gasteiger partial charge >= 0.3 is 0 Å². The third kappa shape index (κ3) is 3.62. The van der Waals surface area contributed by atoms with Gasteiger partial charge in [-0.25, -0.2) is 12.8 Å². The fourth-order valence-corrected chi connectivity index (χ4v) is 4.65. The van der Waals surface area contributed by atoms with E-state index in [0.29, 0.717) is 31.7 Å². The standard InChI is InChI=1S/C18H21FN2O3S/c1-14-13-15(19)3-8-18(14)25(22,23)21-11-9-20(10-12-21)16-4-6-17(24-2)7-5-16/h3-8,13H,9-12H2,1-2H3. The van der Waals surface area contributed by atoms with Crippen molar-refractivity contribution in [3.8, 4) is 5.75 Å². The van der Waals surface area contributed by atoms with E-state index >= 15 is 0 Å². The Morgan fingerprint density at radius 2 is 1.64 bits per heavy atom. The highest BCUT2D eigenvalue weighted by Crippen LogP contribution is 2.24. The average molecular weight is 364 g/mol. The number of aryl methyl sites for hydroxylation is 1. The number of rotatable bonds is 4. The van der Waals surface area contributed by atoms with Crippen LogP contribution in [-0.2, 0) is 10.0 Å². The third-order valence-corrected chi connectivity index (χ3v) is 6.49. The van der Waals surface area contributed by atoms with Crippen molar-refractivity contribution in [1.82, 2.24) is 4.31 Å². The minimum Gasteiger partial charge on any atom is -0.497 e. The van der Waals surface area contributed by atoms with Crippen LogP contribution in [0.4, 0.5) is 10.1 Å². The predicted octanol–water partition coefficient (Wildman–Crippen LogP) is 2.65. The Morgan fingerprint density at radius 3 is 2.20 bits per heavy atom. The Morgan fingerprint density at radius 1 is 1.00 bits per heavy atom. The van der Waals surface area contributed by atoms with Crippen molar-refractivity contribution in [2.45, 2.75) is 11.8 Å². The summed E-state index contributed by atoms with van der Waals surface area (Å²) in [6, 6.07) is 11.5. The van der Waals surface area contributed by atoms with Crippen LogP contribution in [0.2, 0.25) is 0 Å². The lowest BCUT2D eigenvalue weighted by Gasteiger charge is -2.35. The van der Waals surface area contributed by atoms with Crippen molar-refractivity contribution in [2.24, 2.45) is 0 Å². The lowest BCUT2D eigenvalue weighted by atomic mass is 10.2. The smallest absolute Gasteiger partial charge is 0.243 e. The number of anilines is 1. The van der Waals surface area contributed by atoms with E-state index in [2.05, 4.69) is 4.90 Å². The number of ether oxygens (including phenoxy) is 1. The van der Waals surface area contributed by atoms with Crippen LogP contribution in [-0.4, -0.2) is 46.0 Å². The minimum atomic E-state index is -3.61. The molecular weight excluding hydrogens is 343 g/mol. The number of methoxy groups -OCH3 is 1. The molecule has 0 N–H and O–H groups in total. The second-order valence-electron chi connectivity index (χ2n) is 6.00. The summed E-state index contributed by atoms with van der Waals surface area (Å²) in [5.74, 6) is 0.359. The minimum absolute atomic E-state index is 0.173. The number of halogens is 1. The highest BCUT2D eigenvalue weighted by molar-refractivity contribution is 7.89. The molecule has 0 radical (unpaired) electrons.